The molecule has 0 aromatic heterocycles. The number of nitrogens with zero attached hydrogens (tertiary/aromatic N) is 1. The number of urea groups is 1. The molecule has 2 aromatic rings. The number of benzene rings is 2. The van der Waals surface area contributed by atoms with E-state index in [1.807, 2.05) is 24.3 Å². The molecule has 0 radical (unpaired) electrons. The largest absolute Gasteiger partial charge is 0.326 e. The van der Waals surface area contributed by atoms with Gasteiger partial charge >= 0.3 is 6.03 Å². The minimum atomic E-state index is -0.661. The smallest absolute Gasteiger partial charge is 0.305 e. The predicted molar refractivity (Wildman–Crippen MR) is 89.1 cm³/mol. The summed E-state index contributed by atoms with van der Waals surface area (Å²) >= 11 is 1.73. The third kappa shape index (κ3) is 3.32. The molecule has 3 nitrogen and oxygen atoms in total. The van der Waals surface area contributed by atoms with Crippen molar-refractivity contribution in [1.82, 2.24) is 0 Å². The lowest BCUT2D eigenvalue weighted by Gasteiger charge is -2.33. The number of amides is 2. The first-order valence-corrected chi connectivity index (χ1v) is 8.25. The predicted octanol–water partition coefficient (Wildman–Crippen LogP) is 4.89. The Kier molecular flexibility index (Phi) is 4.52. The second-order valence-corrected chi connectivity index (χ2v) is 6.62. The lowest BCUT2D eigenvalue weighted by molar-refractivity contribution is 0.256. The molecule has 1 aliphatic rings. The monoisotopic (exact) mass is 334 g/mol. The summed E-state index contributed by atoms with van der Waals surface area (Å²) in [6.45, 7) is 2.59. The summed E-state index contributed by atoms with van der Waals surface area (Å²) in [6.07, 6.45) is 0.914. The van der Waals surface area contributed by atoms with E-state index in [-0.39, 0.29) is 10.9 Å². The highest BCUT2D eigenvalue weighted by atomic mass is 32.2. The second kappa shape index (κ2) is 6.58. The van der Waals surface area contributed by atoms with Crippen LogP contribution in [0.3, 0.4) is 0 Å². The Hall–Kier alpha value is -2.08. The molecule has 1 N–H and O–H groups in total. The van der Waals surface area contributed by atoms with Crippen molar-refractivity contribution in [1.29, 1.82) is 0 Å². The van der Waals surface area contributed by atoms with E-state index in [1.165, 1.54) is 0 Å². The van der Waals surface area contributed by atoms with E-state index >= 15 is 0 Å². The van der Waals surface area contributed by atoms with Crippen molar-refractivity contribution < 1.29 is 13.6 Å². The summed E-state index contributed by atoms with van der Waals surface area (Å²) in [5.41, 5.74) is 0.635. The van der Waals surface area contributed by atoms with Crippen molar-refractivity contribution in [3.05, 3.63) is 54.1 Å². The average molecular weight is 334 g/mol. The van der Waals surface area contributed by atoms with E-state index in [0.717, 1.165) is 35.2 Å². The van der Waals surface area contributed by atoms with Crippen molar-refractivity contribution in [2.45, 2.75) is 23.5 Å². The van der Waals surface area contributed by atoms with Crippen LogP contribution in [-0.4, -0.2) is 17.8 Å². The molecule has 0 fully saturated rings. The summed E-state index contributed by atoms with van der Waals surface area (Å²) < 4.78 is 27.0. The van der Waals surface area contributed by atoms with Crippen molar-refractivity contribution >= 4 is 29.2 Å². The highest BCUT2D eigenvalue weighted by Crippen LogP contribution is 2.39. The molecule has 0 aliphatic carbocycles. The third-order valence-electron chi connectivity index (χ3n) is 3.71. The zero-order valence-electron chi connectivity index (χ0n) is 12.6. The summed E-state index contributed by atoms with van der Waals surface area (Å²) in [7, 11) is 0. The fourth-order valence-electron chi connectivity index (χ4n) is 2.48. The first kappa shape index (κ1) is 15.8. The Bertz CT molecular complexity index is 738. The van der Waals surface area contributed by atoms with Crippen LogP contribution in [0.2, 0.25) is 0 Å². The Labute approximate surface area is 137 Å². The molecule has 2 aromatic carbocycles. The normalized spacial score (nSPS) is 16.8. The van der Waals surface area contributed by atoms with Crippen LogP contribution in [0, 0.1) is 11.6 Å². The van der Waals surface area contributed by atoms with Crippen LogP contribution < -0.4 is 10.2 Å². The molecular formula is C17H16F2N2OS. The van der Waals surface area contributed by atoms with E-state index in [4.69, 9.17) is 0 Å². The number of thioether (sulfide) groups is 1. The van der Waals surface area contributed by atoms with Gasteiger partial charge in [0, 0.05) is 22.8 Å². The molecule has 1 aliphatic heterocycles. The number of carbonyl (C=O) groups excluding carboxylic acids is 1. The van der Waals surface area contributed by atoms with E-state index in [2.05, 4.69) is 12.2 Å². The van der Waals surface area contributed by atoms with Crippen LogP contribution in [0.15, 0.2) is 47.4 Å². The van der Waals surface area contributed by atoms with Crippen LogP contribution in [0.25, 0.3) is 0 Å². The average Bonchev–Trinajstić information content (AvgIpc) is 2.57. The lowest BCUT2D eigenvalue weighted by Crippen LogP contribution is -2.42. The maximum absolute atomic E-state index is 13.7. The fraction of sp³-hybridized carbons (Fsp3) is 0.235. The Morgan fingerprint density at radius 3 is 2.87 bits per heavy atom. The molecule has 6 heteroatoms. The van der Waals surface area contributed by atoms with Crippen molar-refractivity contribution in [3.63, 3.8) is 0 Å². The maximum atomic E-state index is 13.7. The molecular weight excluding hydrogens is 318 g/mol. The summed E-state index contributed by atoms with van der Waals surface area (Å²) in [4.78, 5) is 15.2. The maximum Gasteiger partial charge on any atom is 0.326 e. The number of rotatable bonds is 2. The number of halogens is 2. The first-order chi connectivity index (χ1) is 11.1. The Morgan fingerprint density at radius 2 is 2.09 bits per heavy atom. The summed E-state index contributed by atoms with van der Waals surface area (Å²) in [6, 6.07) is 10.1. The van der Waals surface area contributed by atoms with Crippen molar-refractivity contribution in [2.75, 3.05) is 16.8 Å². The van der Waals surface area contributed by atoms with Gasteiger partial charge < -0.3 is 5.32 Å². The topological polar surface area (TPSA) is 32.3 Å². The first-order valence-electron chi connectivity index (χ1n) is 7.37. The minimum absolute atomic E-state index is 0.154. The zero-order chi connectivity index (χ0) is 16.4. The molecule has 0 spiro atoms. The van der Waals surface area contributed by atoms with Gasteiger partial charge in [0.05, 0.1) is 11.4 Å². The van der Waals surface area contributed by atoms with Crippen LogP contribution >= 0.6 is 11.8 Å². The molecule has 1 atom stereocenters. The van der Waals surface area contributed by atoms with Gasteiger partial charge in [-0.05, 0) is 30.7 Å². The number of para-hydroxylation sites is 1. The fourth-order valence-corrected chi connectivity index (χ4v) is 3.68. The molecule has 0 saturated heterocycles. The molecule has 0 bridgehead atoms. The van der Waals surface area contributed by atoms with Gasteiger partial charge in [-0.1, -0.05) is 19.1 Å². The number of fused-ring (bicyclic) bond motifs is 1. The van der Waals surface area contributed by atoms with Crippen LogP contribution in [0.5, 0.6) is 0 Å². The number of anilines is 2. The standard InChI is InChI=1S/C17H16F2N2OS/c1-2-12-10-21(15-5-3-4-6-16(15)23-12)17(22)20-14-9-11(18)7-8-13(14)19/h3-9,12H,2,10H2,1H3,(H,20,22)/t12-/m0/s1. The molecule has 3 rings (SSSR count). The summed E-state index contributed by atoms with van der Waals surface area (Å²) in [5, 5.41) is 2.74. The summed E-state index contributed by atoms with van der Waals surface area (Å²) in [5.74, 6) is -1.26. The van der Waals surface area contributed by atoms with Gasteiger partial charge in [0.2, 0.25) is 0 Å². The molecule has 0 saturated carbocycles. The van der Waals surface area contributed by atoms with Gasteiger partial charge in [-0.25, -0.2) is 13.6 Å². The third-order valence-corrected chi connectivity index (χ3v) is 5.12. The van der Waals surface area contributed by atoms with Gasteiger partial charge in [-0.2, -0.15) is 0 Å². The zero-order valence-corrected chi connectivity index (χ0v) is 13.4. The number of nitrogens with one attached hydrogen (secondary N) is 1. The highest BCUT2D eigenvalue weighted by Gasteiger charge is 2.28. The number of carbonyl (C=O) groups is 1. The van der Waals surface area contributed by atoms with Crippen molar-refractivity contribution in [3.8, 4) is 0 Å². The molecule has 1 heterocycles. The molecule has 120 valence electrons. The van der Waals surface area contributed by atoms with Crippen molar-refractivity contribution in [2.24, 2.45) is 0 Å². The lowest BCUT2D eigenvalue weighted by atomic mass is 10.2. The minimum Gasteiger partial charge on any atom is -0.305 e. The Morgan fingerprint density at radius 1 is 1.30 bits per heavy atom. The van der Waals surface area contributed by atoms with Gasteiger partial charge in [-0.15, -0.1) is 11.8 Å². The van der Waals surface area contributed by atoms with Crippen LogP contribution in [0.1, 0.15) is 13.3 Å². The number of hydrogen-bond donors (Lipinski definition) is 1. The Balaban J connectivity index is 1.88. The molecule has 23 heavy (non-hydrogen) atoms. The van der Waals surface area contributed by atoms with Gasteiger partial charge in [0.25, 0.3) is 0 Å². The second-order valence-electron chi connectivity index (χ2n) is 5.28. The van der Waals surface area contributed by atoms with E-state index in [9.17, 15) is 13.6 Å². The van der Waals surface area contributed by atoms with Gasteiger partial charge in [0.15, 0.2) is 0 Å². The van der Waals surface area contributed by atoms with Gasteiger partial charge in [-0.3, -0.25) is 4.90 Å². The van der Waals surface area contributed by atoms with E-state index in [0.29, 0.717) is 6.54 Å². The number of hydrogen-bond acceptors (Lipinski definition) is 2. The quantitative estimate of drug-likeness (QED) is 0.848. The molecule has 0 unspecified atom stereocenters. The van der Waals surface area contributed by atoms with Crippen LogP contribution in [-0.2, 0) is 0 Å². The highest BCUT2D eigenvalue weighted by molar-refractivity contribution is 8.00. The van der Waals surface area contributed by atoms with Crippen LogP contribution in [0.4, 0.5) is 25.0 Å². The molecule has 2 amide bonds. The SMILES string of the molecule is CC[C@H]1CN(C(=O)Nc2cc(F)ccc2F)c2ccccc2S1. The van der Waals surface area contributed by atoms with E-state index < -0.39 is 17.7 Å². The van der Waals surface area contributed by atoms with E-state index in [1.54, 1.807) is 16.7 Å². The van der Waals surface area contributed by atoms with Gasteiger partial charge in [0.1, 0.15) is 11.6 Å².